The summed E-state index contributed by atoms with van der Waals surface area (Å²) in [5.41, 5.74) is 1.54. The third-order valence-electron chi connectivity index (χ3n) is 2.30. The number of aromatic nitrogens is 2. The second-order valence-electron chi connectivity index (χ2n) is 3.80. The molecule has 0 N–H and O–H groups in total. The van der Waals surface area contributed by atoms with Gasteiger partial charge in [0, 0.05) is 24.2 Å². The molecule has 0 fully saturated rings. The molecule has 0 aliphatic rings. The Hall–Kier alpha value is -1.07. The highest BCUT2D eigenvalue weighted by Crippen LogP contribution is 2.10. The van der Waals surface area contributed by atoms with E-state index in [0.717, 1.165) is 20.6 Å². The number of hydrogen-bond acceptors (Lipinski definition) is 3. The molecule has 18 heavy (non-hydrogen) atoms. The van der Waals surface area contributed by atoms with Crippen LogP contribution in [0.25, 0.3) is 0 Å². The quantitative estimate of drug-likeness (QED) is 0.776. The van der Waals surface area contributed by atoms with Crippen LogP contribution in [-0.2, 0) is 17.6 Å². The lowest BCUT2D eigenvalue weighted by Crippen LogP contribution is -2.09. The molecule has 2 rings (SSSR count). The van der Waals surface area contributed by atoms with E-state index in [1.165, 1.54) is 0 Å². The van der Waals surface area contributed by atoms with Crippen molar-refractivity contribution in [1.82, 2.24) is 9.97 Å². The SMILES string of the molecule is O=C(Cc1cccc(Br)n1)Cc1cccc(Br)n1. The van der Waals surface area contributed by atoms with E-state index in [1.807, 2.05) is 36.4 Å². The van der Waals surface area contributed by atoms with Crippen molar-refractivity contribution in [1.29, 1.82) is 0 Å². The summed E-state index contributed by atoms with van der Waals surface area (Å²) >= 11 is 6.57. The van der Waals surface area contributed by atoms with Crippen LogP contribution >= 0.6 is 31.9 Å². The number of Topliss-reactive ketones (excluding diaryl/α,β-unsaturated/α-hetero) is 1. The highest BCUT2D eigenvalue weighted by molar-refractivity contribution is 9.10. The maximum absolute atomic E-state index is 11.9. The van der Waals surface area contributed by atoms with Gasteiger partial charge in [-0.25, -0.2) is 9.97 Å². The van der Waals surface area contributed by atoms with Crippen molar-refractivity contribution in [3.63, 3.8) is 0 Å². The molecule has 0 aliphatic heterocycles. The molecular weight excluding hydrogens is 360 g/mol. The van der Waals surface area contributed by atoms with Crippen LogP contribution in [0.4, 0.5) is 0 Å². The zero-order valence-corrected chi connectivity index (χ0v) is 12.6. The van der Waals surface area contributed by atoms with Crippen LogP contribution in [0.15, 0.2) is 45.6 Å². The third-order valence-corrected chi connectivity index (χ3v) is 3.19. The van der Waals surface area contributed by atoms with Crippen LogP contribution in [0.5, 0.6) is 0 Å². The zero-order valence-electron chi connectivity index (χ0n) is 9.44. The first-order chi connectivity index (χ1) is 8.63. The first kappa shape index (κ1) is 13.4. The van der Waals surface area contributed by atoms with Crippen LogP contribution in [0, 0.1) is 0 Å². The molecule has 0 aliphatic carbocycles. The molecule has 0 unspecified atom stereocenters. The minimum absolute atomic E-state index is 0.103. The number of carbonyl (C=O) groups is 1. The smallest absolute Gasteiger partial charge is 0.144 e. The third kappa shape index (κ3) is 3.99. The Bertz CT molecular complexity index is 523. The van der Waals surface area contributed by atoms with Gasteiger partial charge in [0.25, 0.3) is 0 Å². The number of ketones is 1. The standard InChI is InChI=1S/C13H10Br2N2O/c14-12-5-1-3-9(16-12)7-11(18)8-10-4-2-6-13(15)17-10/h1-6H,7-8H2. The average molecular weight is 370 g/mol. The van der Waals surface area contributed by atoms with Gasteiger partial charge in [0.05, 0.1) is 0 Å². The first-order valence-electron chi connectivity index (χ1n) is 5.38. The van der Waals surface area contributed by atoms with Crippen molar-refractivity contribution in [3.8, 4) is 0 Å². The predicted octanol–water partition coefficient (Wildman–Crippen LogP) is 3.36. The molecule has 2 aromatic rings. The van der Waals surface area contributed by atoms with Gasteiger partial charge >= 0.3 is 0 Å². The molecule has 92 valence electrons. The van der Waals surface area contributed by atoms with E-state index in [-0.39, 0.29) is 5.78 Å². The van der Waals surface area contributed by atoms with Gasteiger partial charge in [0.1, 0.15) is 15.0 Å². The van der Waals surface area contributed by atoms with Crippen LogP contribution in [0.3, 0.4) is 0 Å². The van der Waals surface area contributed by atoms with Crippen molar-refractivity contribution in [3.05, 3.63) is 57.0 Å². The van der Waals surface area contributed by atoms with Crippen molar-refractivity contribution in [2.24, 2.45) is 0 Å². The van der Waals surface area contributed by atoms with Crippen molar-refractivity contribution in [2.75, 3.05) is 0 Å². The molecule has 0 amide bonds. The van der Waals surface area contributed by atoms with E-state index in [1.54, 1.807) is 0 Å². The lowest BCUT2D eigenvalue weighted by atomic mass is 10.1. The number of rotatable bonds is 4. The summed E-state index contributed by atoms with van der Waals surface area (Å²) in [5, 5.41) is 0. The second-order valence-corrected chi connectivity index (χ2v) is 5.42. The Labute approximate surface area is 122 Å². The van der Waals surface area contributed by atoms with Gasteiger partial charge in [-0.05, 0) is 56.1 Å². The van der Waals surface area contributed by atoms with Gasteiger partial charge in [-0.1, -0.05) is 12.1 Å². The molecule has 0 saturated carbocycles. The Kier molecular flexibility index (Phi) is 4.60. The van der Waals surface area contributed by atoms with Gasteiger partial charge in [0.15, 0.2) is 0 Å². The minimum atomic E-state index is 0.103. The molecule has 0 atom stereocenters. The number of pyridine rings is 2. The van der Waals surface area contributed by atoms with Crippen LogP contribution in [0.1, 0.15) is 11.4 Å². The molecular formula is C13H10Br2N2O. The van der Waals surface area contributed by atoms with Gasteiger partial charge in [0.2, 0.25) is 0 Å². The monoisotopic (exact) mass is 368 g/mol. The summed E-state index contributed by atoms with van der Waals surface area (Å²) in [4.78, 5) is 20.4. The molecule has 0 bridgehead atoms. The van der Waals surface area contributed by atoms with E-state index in [2.05, 4.69) is 41.8 Å². The predicted molar refractivity (Wildman–Crippen MR) is 76.3 cm³/mol. The van der Waals surface area contributed by atoms with E-state index >= 15 is 0 Å². The lowest BCUT2D eigenvalue weighted by molar-refractivity contribution is -0.117. The number of hydrogen-bond donors (Lipinski definition) is 0. The van der Waals surface area contributed by atoms with Gasteiger partial charge in [-0.2, -0.15) is 0 Å². The highest BCUT2D eigenvalue weighted by atomic mass is 79.9. The summed E-state index contributed by atoms with van der Waals surface area (Å²) in [6.07, 6.45) is 0.654. The Morgan fingerprint density at radius 2 is 1.33 bits per heavy atom. The fourth-order valence-electron chi connectivity index (χ4n) is 1.56. The molecule has 0 spiro atoms. The molecule has 0 aromatic carbocycles. The van der Waals surface area contributed by atoms with E-state index in [0.29, 0.717) is 12.8 Å². The summed E-state index contributed by atoms with van der Waals surface area (Å²) in [6.45, 7) is 0. The summed E-state index contributed by atoms with van der Waals surface area (Å²) in [7, 11) is 0. The Balaban J connectivity index is 2.01. The second kappa shape index (κ2) is 6.20. The summed E-state index contributed by atoms with van der Waals surface area (Å²) in [5.74, 6) is 0.103. The highest BCUT2D eigenvalue weighted by Gasteiger charge is 2.07. The number of nitrogens with zero attached hydrogens (tertiary/aromatic N) is 2. The van der Waals surface area contributed by atoms with E-state index < -0.39 is 0 Å². The lowest BCUT2D eigenvalue weighted by Gasteiger charge is -2.02. The maximum Gasteiger partial charge on any atom is 0.144 e. The van der Waals surface area contributed by atoms with Gasteiger partial charge in [-0.15, -0.1) is 0 Å². The molecule has 0 saturated heterocycles. The summed E-state index contributed by atoms with van der Waals surface area (Å²) < 4.78 is 1.49. The molecule has 0 radical (unpaired) electrons. The topological polar surface area (TPSA) is 42.9 Å². The molecule has 2 aromatic heterocycles. The van der Waals surface area contributed by atoms with Crippen LogP contribution < -0.4 is 0 Å². The van der Waals surface area contributed by atoms with Crippen LogP contribution in [-0.4, -0.2) is 15.8 Å². The first-order valence-corrected chi connectivity index (χ1v) is 6.96. The van der Waals surface area contributed by atoms with Gasteiger partial charge < -0.3 is 0 Å². The fourth-order valence-corrected chi connectivity index (χ4v) is 2.32. The maximum atomic E-state index is 11.9. The van der Waals surface area contributed by atoms with Crippen molar-refractivity contribution >= 4 is 37.6 Å². The van der Waals surface area contributed by atoms with Crippen molar-refractivity contribution < 1.29 is 4.79 Å². The zero-order chi connectivity index (χ0) is 13.0. The van der Waals surface area contributed by atoms with Crippen LogP contribution in [0.2, 0.25) is 0 Å². The molecule has 2 heterocycles. The fraction of sp³-hybridized carbons (Fsp3) is 0.154. The Morgan fingerprint density at radius 3 is 1.72 bits per heavy atom. The molecule has 3 nitrogen and oxygen atoms in total. The van der Waals surface area contributed by atoms with E-state index in [9.17, 15) is 4.79 Å². The number of carbonyl (C=O) groups excluding carboxylic acids is 1. The summed E-state index contributed by atoms with van der Waals surface area (Å²) in [6, 6.07) is 11.1. The van der Waals surface area contributed by atoms with Crippen molar-refractivity contribution in [2.45, 2.75) is 12.8 Å². The van der Waals surface area contributed by atoms with Gasteiger partial charge in [-0.3, -0.25) is 4.79 Å². The van der Waals surface area contributed by atoms with E-state index in [4.69, 9.17) is 0 Å². The number of halogens is 2. The molecule has 5 heteroatoms. The minimum Gasteiger partial charge on any atom is -0.299 e. The average Bonchev–Trinajstić information content (AvgIpc) is 2.28. The Morgan fingerprint density at radius 1 is 0.889 bits per heavy atom. The normalized spacial score (nSPS) is 10.3. The largest absolute Gasteiger partial charge is 0.299 e.